The van der Waals surface area contributed by atoms with E-state index in [1.807, 2.05) is 37.9 Å². The van der Waals surface area contributed by atoms with Crippen molar-refractivity contribution in [3.05, 3.63) is 17.8 Å². The van der Waals surface area contributed by atoms with Gasteiger partial charge in [-0.15, -0.1) is 5.10 Å². The molecule has 0 unspecified atom stereocenters. The third-order valence-corrected chi connectivity index (χ3v) is 2.53. The van der Waals surface area contributed by atoms with Crippen LogP contribution in [0.25, 0.3) is 0 Å². The van der Waals surface area contributed by atoms with Crippen molar-refractivity contribution in [3.63, 3.8) is 0 Å². The zero-order chi connectivity index (χ0) is 13.4. The zero-order valence-corrected chi connectivity index (χ0v) is 11.8. The summed E-state index contributed by atoms with van der Waals surface area (Å²) in [5, 5.41) is 11.6. The molecule has 0 bridgehead atoms. The van der Waals surface area contributed by atoms with E-state index < -0.39 is 0 Å². The van der Waals surface area contributed by atoms with Gasteiger partial charge in [-0.25, -0.2) is 0 Å². The molecule has 0 aliphatic heterocycles. The Morgan fingerprint density at radius 3 is 2.67 bits per heavy atom. The predicted molar refractivity (Wildman–Crippen MR) is 73.8 cm³/mol. The summed E-state index contributed by atoms with van der Waals surface area (Å²) < 4.78 is 5.51. The summed E-state index contributed by atoms with van der Waals surface area (Å²) in [4.78, 5) is 2.05. The van der Waals surface area contributed by atoms with Crippen molar-refractivity contribution < 1.29 is 4.74 Å². The number of ether oxygens (including phenoxy) is 1. The Balaban J connectivity index is 2.40. The maximum Gasteiger partial charge on any atom is 0.151 e. The maximum absolute atomic E-state index is 5.51. The molecular formula is C13H24N4O. The van der Waals surface area contributed by atoms with Crippen molar-refractivity contribution >= 4 is 5.82 Å². The van der Waals surface area contributed by atoms with E-state index in [1.54, 1.807) is 0 Å². The normalized spacial score (nSPS) is 10.9. The molecule has 1 rings (SSSR count). The highest BCUT2D eigenvalue weighted by Gasteiger charge is 2.04. The summed E-state index contributed by atoms with van der Waals surface area (Å²) >= 11 is 0. The Morgan fingerprint density at radius 2 is 2.11 bits per heavy atom. The smallest absolute Gasteiger partial charge is 0.151 e. The SMILES string of the molecule is CCNCc1ccc(N(C)CCOC(C)C)nn1. The number of anilines is 1. The monoisotopic (exact) mass is 252 g/mol. The minimum atomic E-state index is 0.270. The lowest BCUT2D eigenvalue weighted by atomic mass is 10.3. The first-order chi connectivity index (χ1) is 8.63. The molecule has 1 aromatic rings. The van der Waals surface area contributed by atoms with Gasteiger partial charge in [-0.1, -0.05) is 6.92 Å². The third kappa shape index (κ3) is 5.42. The second-order valence-corrected chi connectivity index (χ2v) is 4.50. The quantitative estimate of drug-likeness (QED) is 0.759. The van der Waals surface area contributed by atoms with Crippen LogP contribution in [0.1, 0.15) is 26.5 Å². The summed E-state index contributed by atoms with van der Waals surface area (Å²) in [7, 11) is 2.00. The molecule has 0 amide bonds. The average molecular weight is 252 g/mol. The Kier molecular flexibility index (Phi) is 6.60. The molecule has 0 atom stereocenters. The van der Waals surface area contributed by atoms with E-state index in [-0.39, 0.29) is 6.10 Å². The van der Waals surface area contributed by atoms with Crippen molar-refractivity contribution in [1.82, 2.24) is 15.5 Å². The summed E-state index contributed by atoms with van der Waals surface area (Å²) in [6.07, 6.45) is 0.270. The van der Waals surface area contributed by atoms with Crippen LogP contribution in [0.4, 0.5) is 5.82 Å². The minimum Gasteiger partial charge on any atom is -0.377 e. The fraction of sp³-hybridized carbons (Fsp3) is 0.692. The average Bonchev–Trinajstić information content (AvgIpc) is 2.36. The lowest BCUT2D eigenvalue weighted by Gasteiger charge is -2.18. The molecule has 0 aromatic carbocycles. The second kappa shape index (κ2) is 8.00. The van der Waals surface area contributed by atoms with E-state index in [1.165, 1.54) is 0 Å². The van der Waals surface area contributed by atoms with Crippen LogP contribution in [0.2, 0.25) is 0 Å². The van der Waals surface area contributed by atoms with Crippen LogP contribution >= 0.6 is 0 Å². The molecule has 102 valence electrons. The molecule has 1 heterocycles. The van der Waals surface area contributed by atoms with Crippen LogP contribution in [0, 0.1) is 0 Å². The van der Waals surface area contributed by atoms with Crippen LogP contribution in [-0.4, -0.2) is 43.0 Å². The Hall–Kier alpha value is -1.20. The van der Waals surface area contributed by atoms with Gasteiger partial charge >= 0.3 is 0 Å². The van der Waals surface area contributed by atoms with E-state index in [0.29, 0.717) is 6.61 Å². The molecule has 5 heteroatoms. The van der Waals surface area contributed by atoms with E-state index >= 15 is 0 Å². The number of aromatic nitrogens is 2. The van der Waals surface area contributed by atoms with Crippen LogP contribution in [0.15, 0.2) is 12.1 Å². The Morgan fingerprint density at radius 1 is 1.33 bits per heavy atom. The molecule has 0 spiro atoms. The summed E-state index contributed by atoms with van der Waals surface area (Å²) in [6, 6.07) is 4.00. The van der Waals surface area contributed by atoms with Gasteiger partial charge in [0.05, 0.1) is 18.4 Å². The summed E-state index contributed by atoms with van der Waals surface area (Å²) in [6.45, 7) is 9.38. The van der Waals surface area contributed by atoms with Crippen molar-refractivity contribution in [2.45, 2.75) is 33.4 Å². The Bertz CT molecular complexity index is 326. The number of nitrogens with one attached hydrogen (secondary N) is 1. The number of hydrogen-bond acceptors (Lipinski definition) is 5. The van der Waals surface area contributed by atoms with Crippen LogP contribution in [0.3, 0.4) is 0 Å². The van der Waals surface area contributed by atoms with E-state index in [0.717, 1.165) is 31.1 Å². The van der Waals surface area contributed by atoms with E-state index in [4.69, 9.17) is 4.74 Å². The first-order valence-electron chi connectivity index (χ1n) is 6.49. The van der Waals surface area contributed by atoms with Gasteiger partial charge in [-0.2, -0.15) is 5.10 Å². The topological polar surface area (TPSA) is 50.3 Å². The zero-order valence-electron chi connectivity index (χ0n) is 11.8. The molecule has 5 nitrogen and oxygen atoms in total. The number of hydrogen-bond donors (Lipinski definition) is 1. The second-order valence-electron chi connectivity index (χ2n) is 4.50. The molecule has 0 radical (unpaired) electrons. The Labute approximate surface area is 110 Å². The lowest BCUT2D eigenvalue weighted by molar-refractivity contribution is 0.0845. The fourth-order valence-corrected chi connectivity index (χ4v) is 1.44. The number of nitrogens with zero attached hydrogens (tertiary/aromatic N) is 3. The highest BCUT2D eigenvalue weighted by atomic mass is 16.5. The maximum atomic E-state index is 5.51. The van der Waals surface area contributed by atoms with Gasteiger partial charge in [-0.05, 0) is 32.5 Å². The van der Waals surface area contributed by atoms with E-state index in [2.05, 4.69) is 22.4 Å². The van der Waals surface area contributed by atoms with Crippen LogP contribution < -0.4 is 10.2 Å². The van der Waals surface area contributed by atoms with Crippen molar-refractivity contribution in [3.8, 4) is 0 Å². The molecule has 18 heavy (non-hydrogen) atoms. The molecular weight excluding hydrogens is 228 g/mol. The van der Waals surface area contributed by atoms with Crippen LogP contribution in [-0.2, 0) is 11.3 Å². The molecule has 1 aromatic heterocycles. The van der Waals surface area contributed by atoms with Gasteiger partial charge in [-0.3, -0.25) is 0 Å². The van der Waals surface area contributed by atoms with Gasteiger partial charge < -0.3 is 15.0 Å². The van der Waals surface area contributed by atoms with Crippen molar-refractivity contribution in [2.75, 3.05) is 31.6 Å². The van der Waals surface area contributed by atoms with Gasteiger partial charge in [0.1, 0.15) is 0 Å². The molecule has 0 fully saturated rings. The van der Waals surface area contributed by atoms with E-state index in [9.17, 15) is 0 Å². The highest BCUT2D eigenvalue weighted by Crippen LogP contribution is 2.07. The predicted octanol–water partition coefficient (Wildman–Crippen LogP) is 1.45. The van der Waals surface area contributed by atoms with Gasteiger partial charge in [0.2, 0.25) is 0 Å². The summed E-state index contributed by atoms with van der Waals surface area (Å²) in [5.41, 5.74) is 0.965. The molecule has 0 aliphatic rings. The molecule has 0 saturated carbocycles. The highest BCUT2D eigenvalue weighted by molar-refractivity contribution is 5.35. The largest absolute Gasteiger partial charge is 0.377 e. The first kappa shape index (κ1) is 14.9. The third-order valence-electron chi connectivity index (χ3n) is 2.53. The fourth-order valence-electron chi connectivity index (χ4n) is 1.44. The number of rotatable bonds is 8. The molecule has 0 saturated heterocycles. The molecule has 1 N–H and O–H groups in total. The molecule has 0 aliphatic carbocycles. The van der Waals surface area contributed by atoms with Crippen molar-refractivity contribution in [1.29, 1.82) is 0 Å². The lowest BCUT2D eigenvalue weighted by Crippen LogP contribution is -2.25. The minimum absolute atomic E-state index is 0.270. The van der Waals surface area contributed by atoms with Crippen molar-refractivity contribution in [2.24, 2.45) is 0 Å². The summed E-state index contributed by atoms with van der Waals surface area (Å²) in [5.74, 6) is 0.877. The first-order valence-corrected chi connectivity index (χ1v) is 6.49. The van der Waals surface area contributed by atoms with Gasteiger partial charge in [0, 0.05) is 20.1 Å². The number of likely N-dealkylation sites (N-methyl/N-ethyl adjacent to an activating group) is 1. The van der Waals surface area contributed by atoms with Gasteiger partial charge in [0.15, 0.2) is 5.82 Å². The standard InChI is InChI=1S/C13H24N4O/c1-5-14-10-12-6-7-13(16-15-12)17(4)8-9-18-11(2)3/h6-7,11,14H,5,8-10H2,1-4H3. The van der Waals surface area contributed by atoms with Crippen LogP contribution in [0.5, 0.6) is 0 Å². The van der Waals surface area contributed by atoms with Gasteiger partial charge in [0.25, 0.3) is 0 Å².